The number of hydrogen-bond acceptors (Lipinski definition) is 1. The molecule has 90 valence electrons. The van der Waals surface area contributed by atoms with Gasteiger partial charge < -0.3 is 4.98 Å². The normalized spacial score (nSPS) is 12.0. The van der Waals surface area contributed by atoms with E-state index >= 15 is 0 Å². The van der Waals surface area contributed by atoms with Gasteiger partial charge in [0.15, 0.2) is 0 Å². The van der Waals surface area contributed by atoms with E-state index in [0.717, 1.165) is 12.1 Å². The Morgan fingerprint density at radius 2 is 2.06 bits per heavy atom. The lowest BCUT2D eigenvalue weighted by molar-refractivity contribution is -0.137. The summed E-state index contributed by atoms with van der Waals surface area (Å²) in [6.07, 6.45) is -4.42. The van der Waals surface area contributed by atoms with Crippen LogP contribution in [-0.4, -0.2) is 9.55 Å². The average Bonchev–Trinajstić information content (AvgIpc) is 2.50. The van der Waals surface area contributed by atoms with Gasteiger partial charge in [0.1, 0.15) is 0 Å². The molecule has 0 atom stereocenters. The van der Waals surface area contributed by atoms with Crippen LogP contribution in [0.15, 0.2) is 29.6 Å². The number of imidazole rings is 1. The summed E-state index contributed by atoms with van der Waals surface area (Å²) in [7, 11) is 0. The first-order valence-corrected chi connectivity index (χ1v) is 4.78. The fraction of sp³-hybridized carbons (Fsp3) is 0.182. The van der Waals surface area contributed by atoms with Crippen LogP contribution in [0.1, 0.15) is 12.5 Å². The van der Waals surface area contributed by atoms with Crippen molar-refractivity contribution in [2.75, 3.05) is 0 Å². The first kappa shape index (κ1) is 11.5. The summed E-state index contributed by atoms with van der Waals surface area (Å²) in [4.78, 5) is 13.9. The molecule has 1 aromatic carbocycles. The van der Waals surface area contributed by atoms with Gasteiger partial charge in [-0.3, -0.25) is 4.57 Å². The van der Waals surface area contributed by atoms with Crippen LogP contribution in [0.5, 0.6) is 0 Å². The molecule has 6 heteroatoms. The van der Waals surface area contributed by atoms with E-state index in [1.165, 1.54) is 10.6 Å². The molecule has 1 N–H and O–H groups in total. The Balaban J connectivity index is 2.75. The molecule has 0 fully saturated rings. The third-order valence-electron chi connectivity index (χ3n) is 2.39. The molecule has 0 unspecified atom stereocenters. The van der Waals surface area contributed by atoms with Crippen LogP contribution in [0.2, 0.25) is 0 Å². The number of benzene rings is 1. The highest BCUT2D eigenvalue weighted by Gasteiger charge is 2.30. The third-order valence-corrected chi connectivity index (χ3v) is 2.39. The molecule has 0 bridgehead atoms. The largest absolute Gasteiger partial charge is 0.416 e. The highest BCUT2D eigenvalue weighted by molar-refractivity contribution is 5.79. The van der Waals surface area contributed by atoms with Gasteiger partial charge in [-0.1, -0.05) is 6.58 Å². The Labute approximate surface area is 94.2 Å². The zero-order chi connectivity index (χ0) is 12.8. The summed E-state index contributed by atoms with van der Waals surface area (Å²) in [6.45, 7) is 5.20. The number of H-pyrrole nitrogens is 1. The first-order chi connectivity index (χ1) is 7.80. The zero-order valence-corrected chi connectivity index (χ0v) is 8.93. The second-order valence-corrected chi connectivity index (χ2v) is 3.73. The van der Waals surface area contributed by atoms with Crippen molar-refractivity contribution in [1.29, 1.82) is 0 Å². The maximum absolute atomic E-state index is 12.5. The number of rotatable bonds is 1. The molecule has 3 nitrogen and oxygen atoms in total. The number of aromatic amines is 1. The van der Waals surface area contributed by atoms with Crippen LogP contribution < -0.4 is 5.69 Å². The molecule has 0 radical (unpaired) electrons. The number of allylic oxidation sites excluding steroid dienone is 1. The summed E-state index contributed by atoms with van der Waals surface area (Å²) in [5, 5.41) is 0. The number of hydrogen-bond donors (Lipinski definition) is 1. The van der Waals surface area contributed by atoms with E-state index in [0.29, 0.717) is 11.2 Å². The van der Waals surface area contributed by atoms with Crippen molar-refractivity contribution in [3.05, 3.63) is 40.8 Å². The molecule has 1 heterocycles. The maximum Gasteiger partial charge on any atom is 0.416 e. The van der Waals surface area contributed by atoms with Crippen molar-refractivity contribution >= 4 is 16.7 Å². The number of nitrogens with one attached hydrogen (secondary N) is 1. The fourth-order valence-corrected chi connectivity index (χ4v) is 1.67. The zero-order valence-electron chi connectivity index (χ0n) is 8.93. The smallest absolute Gasteiger partial charge is 0.305 e. The first-order valence-electron chi connectivity index (χ1n) is 4.78. The molecule has 0 aliphatic rings. The number of aromatic nitrogens is 2. The van der Waals surface area contributed by atoms with Crippen LogP contribution in [0, 0.1) is 0 Å². The molecule has 1 aromatic heterocycles. The number of fused-ring (bicyclic) bond motifs is 1. The monoisotopic (exact) mass is 242 g/mol. The minimum absolute atomic E-state index is 0.146. The molecule has 0 saturated heterocycles. The van der Waals surface area contributed by atoms with Gasteiger partial charge in [0.25, 0.3) is 0 Å². The van der Waals surface area contributed by atoms with Crippen molar-refractivity contribution in [2.45, 2.75) is 13.1 Å². The van der Waals surface area contributed by atoms with E-state index in [9.17, 15) is 18.0 Å². The lowest BCUT2D eigenvalue weighted by Crippen LogP contribution is -2.13. The molecule has 0 spiro atoms. The summed E-state index contributed by atoms with van der Waals surface area (Å²) in [6, 6.07) is 3.11. The second kappa shape index (κ2) is 3.51. The summed E-state index contributed by atoms with van der Waals surface area (Å²) in [5.41, 5.74) is -0.309. The van der Waals surface area contributed by atoms with Crippen molar-refractivity contribution in [2.24, 2.45) is 0 Å². The quantitative estimate of drug-likeness (QED) is 0.820. The van der Waals surface area contributed by atoms with E-state index in [1.54, 1.807) is 6.92 Å². The van der Waals surface area contributed by atoms with E-state index in [1.807, 2.05) is 0 Å². The molecule has 0 amide bonds. The highest BCUT2D eigenvalue weighted by atomic mass is 19.4. The standard InChI is InChI=1S/C11H9F3N2O/c1-6(2)16-9-4-3-7(11(12,13)14)5-8(9)15-10(16)17/h3-5H,1H2,2H3,(H,15,17). The van der Waals surface area contributed by atoms with Crippen molar-refractivity contribution in [1.82, 2.24) is 9.55 Å². The molecule has 2 aromatic rings. The molecule has 0 aliphatic carbocycles. The SMILES string of the molecule is C=C(C)n1c(=O)[nH]c2cc(C(F)(F)F)ccc21. The molecule has 17 heavy (non-hydrogen) atoms. The third kappa shape index (κ3) is 1.86. The number of alkyl halides is 3. The van der Waals surface area contributed by atoms with Gasteiger partial charge in [-0.15, -0.1) is 0 Å². The van der Waals surface area contributed by atoms with Crippen molar-refractivity contribution in [3.8, 4) is 0 Å². The topological polar surface area (TPSA) is 37.8 Å². The number of nitrogens with zero attached hydrogens (tertiary/aromatic N) is 1. The summed E-state index contributed by atoms with van der Waals surface area (Å²) in [5.74, 6) is 0. The molecular formula is C11H9F3N2O. The van der Waals surface area contributed by atoms with Gasteiger partial charge in [-0.05, 0) is 25.1 Å². The van der Waals surface area contributed by atoms with E-state index in [4.69, 9.17) is 0 Å². The van der Waals surface area contributed by atoms with Gasteiger partial charge in [0.05, 0.1) is 16.6 Å². The van der Waals surface area contributed by atoms with Crippen LogP contribution in [0.3, 0.4) is 0 Å². The van der Waals surface area contributed by atoms with E-state index in [-0.39, 0.29) is 5.52 Å². The molecule has 0 aliphatic heterocycles. The Morgan fingerprint density at radius 1 is 1.41 bits per heavy atom. The van der Waals surface area contributed by atoms with Crippen molar-refractivity contribution in [3.63, 3.8) is 0 Å². The van der Waals surface area contributed by atoms with Crippen LogP contribution >= 0.6 is 0 Å². The van der Waals surface area contributed by atoms with Gasteiger partial charge in [0.2, 0.25) is 0 Å². The van der Waals surface area contributed by atoms with E-state index < -0.39 is 17.4 Å². The fourth-order valence-electron chi connectivity index (χ4n) is 1.67. The van der Waals surface area contributed by atoms with Crippen LogP contribution in [-0.2, 0) is 6.18 Å². The summed E-state index contributed by atoms with van der Waals surface area (Å²) >= 11 is 0. The second-order valence-electron chi connectivity index (χ2n) is 3.73. The highest BCUT2D eigenvalue weighted by Crippen LogP contribution is 2.30. The van der Waals surface area contributed by atoms with Crippen LogP contribution in [0.4, 0.5) is 13.2 Å². The average molecular weight is 242 g/mol. The Bertz CT molecular complexity index is 649. The Hall–Kier alpha value is -1.98. The minimum Gasteiger partial charge on any atom is -0.305 e. The predicted octanol–water partition coefficient (Wildman–Crippen LogP) is 2.84. The minimum atomic E-state index is -4.42. The lowest BCUT2D eigenvalue weighted by Gasteiger charge is -2.06. The molecule has 2 rings (SSSR count). The summed E-state index contributed by atoms with van der Waals surface area (Å²) < 4.78 is 38.6. The van der Waals surface area contributed by atoms with Crippen molar-refractivity contribution < 1.29 is 13.2 Å². The maximum atomic E-state index is 12.5. The predicted molar refractivity (Wildman–Crippen MR) is 58.6 cm³/mol. The molecule has 0 saturated carbocycles. The lowest BCUT2D eigenvalue weighted by atomic mass is 10.2. The number of halogens is 3. The molecular weight excluding hydrogens is 233 g/mol. The Morgan fingerprint density at radius 3 is 2.59 bits per heavy atom. The van der Waals surface area contributed by atoms with Crippen LogP contribution in [0.25, 0.3) is 16.7 Å². The Kier molecular flexibility index (Phi) is 2.38. The van der Waals surface area contributed by atoms with Gasteiger partial charge in [-0.2, -0.15) is 13.2 Å². The van der Waals surface area contributed by atoms with Gasteiger partial charge >= 0.3 is 11.9 Å². The van der Waals surface area contributed by atoms with Gasteiger partial charge in [0, 0.05) is 5.70 Å². The van der Waals surface area contributed by atoms with Gasteiger partial charge in [-0.25, -0.2) is 4.79 Å². The van der Waals surface area contributed by atoms with E-state index in [2.05, 4.69) is 11.6 Å².